The maximum atomic E-state index is 11.5. The van der Waals surface area contributed by atoms with E-state index in [0.717, 1.165) is 0 Å². The van der Waals surface area contributed by atoms with Crippen LogP contribution in [0.4, 0.5) is 0 Å². The second-order valence-corrected chi connectivity index (χ2v) is 8.05. The summed E-state index contributed by atoms with van der Waals surface area (Å²) >= 11 is 23.7. The van der Waals surface area contributed by atoms with Crippen LogP contribution in [0.2, 0.25) is 20.1 Å². The van der Waals surface area contributed by atoms with Crippen LogP contribution in [0.15, 0.2) is 36.4 Å². The van der Waals surface area contributed by atoms with E-state index < -0.39 is 24.1 Å². The predicted octanol–water partition coefficient (Wildman–Crippen LogP) is 5.03. The smallest absolute Gasteiger partial charge is 0.344 e. The quantitative estimate of drug-likeness (QED) is 0.344. The zero-order chi connectivity index (χ0) is 23.0. The van der Waals surface area contributed by atoms with Crippen molar-refractivity contribution in [1.82, 2.24) is 5.32 Å². The van der Waals surface area contributed by atoms with Crippen molar-refractivity contribution >= 4 is 58.3 Å². The highest BCUT2D eigenvalue weighted by atomic mass is 35.5. The SMILES string of the molecule is O=C(O)C(CCNCCC(Oc1ccc(Cl)cc1Cl)C(=O)O)Oc1ccc(Cl)cc1Cl. The van der Waals surface area contributed by atoms with Gasteiger partial charge >= 0.3 is 11.9 Å². The average Bonchev–Trinajstić information content (AvgIpc) is 2.68. The number of benzene rings is 2. The molecule has 0 fully saturated rings. The third kappa shape index (κ3) is 8.27. The number of ether oxygens (including phenoxy) is 2. The molecule has 31 heavy (non-hydrogen) atoms. The van der Waals surface area contributed by atoms with Crippen LogP contribution in [0.3, 0.4) is 0 Å². The molecule has 0 bridgehead atoms. The van der Waals surface area contributed by atoms with E-state index in [1.54, 1.807) is 12.1 Å². The Morgan fingerprint density at radius 1 is 0.774 bits per heavy atom. The molecule has 2 atom stereocenters. The summed E-state index contributed by atoms with van der Waals surface area (Å²) in [4.78, 5) is 22.9. The maximum absolute atomic E-state index is 11.5. The minimum atomic E-state index is -1.16. The lowest BCUT2D eigenvalue weighted by molar-refractivity contribution is -0.145. The molecule has 2 aromatic rings. The van der Waals surface area contributed by atoms with E-state index in [4.69, 9.17) is 55.9 Å². The third-order valence-electron chi connectivity index (χ3n) is 4.04. The largest absolute Gasteiger partial charge is 0.479 e. The van der Waals surface area contributed by atoms with Crippen LogP contribution in [0.1, 0.15) is 12.8 Å². The Bertz CT molecular complexity index is 853. The number of carbonyl (C=O) groups is 2. The molecule has 0 aliphatic carbocycles. The fourth-order valence-corrected chi connectivity index (χ4v) is 3.41. The normalized spacial score (nSPS) is 12.8. The van der Waals surface area contributed by atoms with Crippen molar-refractivity contribution in [2.45, 2.75) is 25.0 Å². The highest BCUT2D eigenvalue weighted by molar-refractivity contribution is 6.36. The number of carboxylic acid groups (broad SMARTS) is 2. The van der Waals surface area contributed by atoms with E-state index in [9.17, 15) is 19.8 Å². The van der Waals surface area contributed by atoms with Crippen LogP contribution < -0.4 is 14.8 Å². The lowest BCUT2D eigenvalue weighted by Gasteiger charge is -2.18. The number of halogens is 4. The predicted molar refractivity (Wildman–Crippen MR) is 119 cm³/mol. The Labute approximate surface area is 198 Å². The molecule has 0 spiro atoms. The number of rotatable bonds is 12. The molecule has 11 heteroatoms. The third-order valence-corrected chi connectivity index (χ3v) is 5.10. The van der Waals surface area contributed by atoms with Crippen molar-refractivity contribution in [1.29, 1.82) is 0 Å². The lowest BCUT2D eigenvalue weighted by atomic mass is 10.2. The van der Waals surface area contributed by atoms with Gasteiger partial charge in [-0.2, -0.15) is 0 Å². The molecule has 0 heterocycles. The molecule has 168 valence electrons. The Kier molecular flexibility index (Phi) is 9.99. The topological polar surface area (TPSA) is 105 Å². The van der Waals surface area contributed by atoms with E-state index in [2.05, 4.69) is 5.32 Å². The van der Waals surface area contributed by atoms with Crippen molar-refractivity contribution < 1.29 is 29.3 Å². The van der Waals surface area contributed by atoms with Crippen LogP contribution in [0.25, 0.3) is 0 Å². The van der Waals surface area contributed by atoms with Gasteiger partial charge in [0.2, 0.25) is 0 Å². The van der Waals surface area contributed by atoms with Gasteiger partial charge in [0.15, 0.2) is 12.2 Å². The second-order valence-electron chi connectivity index (χ2n) is 6.37. The lowest BCUT2D eigenvalue weighted by Crippen LogP contribution is -2.34. The van der Waals surface area contributed by atoms with Gasteiger partial charge in [0.1, 0.15) is 11.5 Å². The molecular weight excluding hydrogens is 492 g/mol. The summed E-state index contributed by atoms with van der Waals surface area (Å²) in [6.07, 6.45) is -2.05. The van der Waals surface area contributed by atoms with Crippen molar-refractivity contribution in [3.05, 3.63) is 56.5 Å². The number of hydrogen-bond acceptors (Lipinski definition) is 5. The summed E-state index contributed by atoms with van der Waals surface area (Å²) in [5.41, 5.74) is 0. The first-order valence-corrected chi connectivity index (χ1v) is 10.6. The van der Waals surface area contributed by atoms with Gasteiger partial charge in [0.05, 0.1) is 10.0 Å². The van der Waals surface area contributed by atoms with Crippen molar-refractivity contribution in [3.63, 3.8) is 0 Å². The van der Waals surface area contributed by atoms with Gasteiger partial charge < -0.3 is 25.0 Å². The summed E-state index contributed by atoms with van der Waals surface area (Å²) in [6, 6.07) is 8.97. The molecule has 0 saturated heterocycles. The van der Waals surface area contributed by atoms with E-state index in [1.165, 1.54) is 24.3 Å². The molecule has 2 unspecified atom stereocenters. The standard InChI is InChI=1S/C20H19Cl4NO6/c21-11-1-3-15(13(23)9-11)30-17(19(26)27)5-7-25-8-6-18(20(28)29)31-16-4-2-12(22)10-14(16)24/h1-4,9-10,17-18,25H,5-8H2,(H,26,27)(H,28,29). The molecule has 0 aliphatic rings. The summed E-state index contributed by atoms with van der Waals surface area (Å²) in [5, 5.41) is 22.9. The van der Waals surface area contributed by atoms with E-state index in [-0.39, 0.29) is 47.5 Å². The van der Waals surface area contributed by atoms with Gasteiger partial charge in [0, 0.05) is 22.9 Å². The summed E-state index contributed by atoms with van der Waals surface area (Å²) in [7, 11) is 0. The van der Waals surface area contributed by atoms with Crippen molar-refractivity contribution in [2.24, 2.45) is 0 Å². The van der Waals surface area contributed by atoms with E-state index in [1.807, 2.05) is 0 Å². The van der Waals surface area contributed by atoms with Gasteiger partial charge in [-0.3, -0.25) is 0 Å². The minimum Gasteiger partial charge on any atom is -0.479 e. The van der Waals surface area contributed by atoms with Gasteiger partial charge in [-0.1, -0.05) is 46.4 Å². The van der Waals surface area contributed by atoms with E-state index in [0.29, 0.717) is 10.0 Å². The summed E-state index contributed by atoms with van der Waals surface area (Å²) in [5.74, 6) is -1.90. The first-order valence-electron chi connectivity index (χ1n) is 9.07. The van der Waals surface area contributed by atoms with Gasteiger partial charge in [-0.05, 0) is 49.5 Å². The summed E-state index contributed by atoms with van der Waals surface area (Å²) < 4.78 is 10.9. The molecule has 2 aromatic carbocycles. The fourth-order valence-electron chi connectivity index (χ4n) is 2.51. The second kappa shape index (κ2) is 12.2. The van der Waals surface area contributed by atoms with Crippen LogP contribution in [0.5, 0.6) is 11.5 Å². The number of hydrogen-bond donors (Lipinski definition) is 3. The number of nitrogens with one attached hydrogen (secondary N) is 1. The molecule has 2 rings (SSSR count). The molecule has 0 aliphatic heterocycles. The first kappa shape index (κ1) is 25.4. The molecular formula is C20H19Cl4NO6. The van der Waals surface area contributed by atoms with Gasteiger partial charge in [0.25, 0.3) is 0 Å². The molecule has 0 aromatic heterocycles. The highest BCUT2D eigenvalue weighted by Crippen LogP contribution is 2.29. The van der Waals surface area contributed by atoms with E-state index >= 15 is 0 Å². The Hall–Kier alpha value is -1.90. The molecule has 0 radical (unpaired) electrons. The minimum absolute atomic E-state index is 0.121. The number of carboxylic acids is 2. The highest BCUT2D eigenvalue weighted by Gasteiger charge is 2.22. The maximum Gasteiger partial charge on any atom is 0.344 e. The van der Waals surface area contributed by atoms with Gasteiger partial charge in [-0.15, -0.1) is 0 Å². The number of aliphatic carboxylic acids is 2. The van der Waals surface area contributed by atoms with Crippen LogP contribution in [-0.2, 0) is 9.59 Å². The molecule has 0 amide bonds. The van der Waals surface area contributed by atoms with Crippen molar-refractivity contribution in [2.75, 3.05) is 13.1 Å². The average molecular weight is 511 g/mol. The first-order chi connectivity index (χ1) is 14.7. The van der Waals surface area contributed by atoms with Crippen LogP contribution in [0, 0.1) is 0 Å². The molecule has 0 saturated carbocycles. The van der Waals surface area contributed by atoms with Gasteiger partial charge in [-0.25, -0.2) is 9.59 Å². The monoisotopic (exact) mass is 509 g/mol. The van der Waals surface area contributed by atoms with Crippen LogP contribution in [-0.4, -0.2) is 47.4 Å². The Balaban J connectivity index is 1.83. The van der Waals surface area contributed by atoms with Crippen LogP contribution >= 0.6 is 46.4 Å². The Morgan fingerprint density at radius 3 is 1.48 bits per heavy atom. The molecule has 7 nitrogen and oxygen atoms in total. The molecule has 3 N–H and O–H groups in total. The van der Waals surface area contributed by atoms with Crippen molar-refractivity contribution in [3.8, 4) is 11.5 Å². The zero-order valence-corrected chi connectivity index (χ0v) is 19.0. The summed E-state index contributed by atoms with van der Waals surface area (Å²) in [6.45, 7) is 0.520. The zero-order valence-electron chi connectivity index (χ0n) is 16.0. The Morgan fingerprint density at radius 2 is 1.16 bits per heavy atom. The fraction of sp³-hybridized carbons (Fsp3) is 0.300.